The van der Waals surface area contributed by atoms with Crippen LogP contribution < -0.4 is 27.4 Å². The predicted molar refractivity (Wildman–Crippen MR) is 125 cm³/mol. The van der Waals surface area contributed by atoms with Gasteiger partial charge in [-0.3, -0.25) is 28.5 Å². The van der Waals surface area contributed by atoms with Crippen LogP contribution >= 0.6 is 0 Å². The number of benzene rings is 1. The smallest absolute Gasteiger partial charge is 0.330 e. The van der Waals surface area contributed by atoms with Crippen LogP contribution in [0.15, 0.2) is 38.9 Å². The van der Waals surface area contributed by atoms with Gasteiger partial charge in [0.25, 0.3) is 11.1 Å². The predicted octanol–water partition coefficient (Wildman–Crippen LogP) is 0.694. The minimum Gasteiger partial charge on any atom is -0.385 e. The number of ether oxygens (including phenoxy) is 1. The van der Waals surface area contributed by atoms with Crippen molar-refractivity contribution in [1.29, 1.82) is 0 Å². The van der Waals surface area contributed by atoms with Gasteiger partial charge in [-0.1, -0.05) is 13.8 Å². The highest BCUT2D eigenvalue weighted by Crippen LogP contribution is 2.19. The molecule has 1 amide bonds. The second-order valence-electron chi connectivity index (χ2n) is 8.23. The summed E-state index contributed by atoms with van der Waals surface area (Å²) in [5.41, 5.74) is 4.18. The zero-order chi connectivity index (χ0) is 25.0. The van der Waals surface area contributed by atoms with Crippen molar-refractivity contribution in [3.8, 4) is 0 Å². The number of nitrogens with zero attached hydrogens (tertiary/aromatic N) is 4. The van der Waals surface area contributed by atoms with E-state index in [1.165, 1.54) is 30.1 Å². The van der Waals surface area contributed by atoms with Crippen molar-refractivity contribution >= 4 is 28.3 Å². The molecule has 0 aliphatic heterocycles. The number of H-pyrrole nitrogens is 1. The summed E-state index contributed by atoms with van der Waals surface area (Å²) >= 11 is 0. The molecule has 3 N–H and O–H groups in total. The zero-order valence-corrected chi connectivity index (χ0v) is 19.2. The summed E-state index contributed by atoms with van der Waals surface area (Å²) in [5, 5.41) is 0.0177. The number of carbonyl (C=O) groups is 1. The third kappa shape index (κ3) is 5.22. The van der Waals surface area contributed by atoms with Crippen molar-refractivity contribution in [2.24, 2.45) is 5.92 Å². The summed E-state index contributed by atoms with van der Waals surface area (Å²) < 4.78 is 20.9. The van der Waals surface area contributed by atoms with Gasteiger partial charge in [0, 0.05) is 26.8 Å². The number of methoxy groups -OCH3 is 1. The van der Waals surface area contributed by atoms with E-state index >= 15 is 0 Å². The fourth-order valence-electron chi connectivity index (χ4n) is 3.59. The van der Waals surface area contributed by atoms with E-state index in [-0.39, 0.29) is 41.4 Å². The quantitative estimate of drug-likeness (QED) is 0.434. The molecular weight excluding hydrogens is 447 g/mol. The molecule has 3 aromatic rings. The number of nitrogen functional groups attached to an aromatic ring is 1. The number of nitrogens with two attached hydrogens (primary N) is 1. The number of rotatable bonds is 9. The van der Waals surface area contributed by atoms with Crippen LogP contribution in [0.4, 0.5) is 15.9 Å². The Kier molecular flexibility index (Phi) is 7.61. The maximum absolute atomic E-state index is 13.6. The van der Waals surface area contributed by atoms with Crippen molar-refractivity contribution in [3.63, 3.8) is 0 Å². The van der Waals surface area contributed by atoms with E-state index in [1.54, 1.807) is 0 Å². The molecule has 12 heteroatoms. The lowest BCUT2D eigenvalue weighted by Gasteiger charge is -2.25. The standard InChI is InChI=1S/C22H27FN6O5/c1-13(2)10-29-19(24)18(20(31)26-22(29)33)28(7-4-8-34-3)17(30)11-27-12-25-16-6-5-14(23)9-15(16)21(27)32/h5-6,9,12-13H,4,7-8,10-11,24H2,1-3H3,(H,26,31,33). The Bertz CT molecular complexity index is 1380. The van der Waals surface area contributed by atoms with E-state index in [0.29, 0.717) is 13.0 Å². The maximum atomic E-state index is 13.6. The highest BCUT2D eigenvalue weighted by molar-refractivity contribution is 5.95. The van der Waals surface area contributed by atoms with Gasteiger partial charge in [-0.15, -0.1) is 0 Å². The van der Waals surface area contributed by atoms with Gasteiger partial charge in [-0.2, -0.15) is 0 Å². The lowest BCUT2D eigenvalue weighted by atomic mass is 10.2. The molecule has 0 aliphatic carbocycles. The fraction of sp³-hybridized carbons (Fsp3) is 0.409. The lowest BCUT2D eigenvalue weighted by Crippen LogP contribution is -2.44. The molecule has 0 atom stereocenters. The van der Waals surface area contributed by atoms with Gasteiger partial charge in [-0.05, 0) is 30.5 Å². The zero-order valence-electron chi connectivity index (χ0n) is 19.2. The normalized spacial score (nSPS) is 11.3. The largest absolute Gasteiger partial charge is 0.385 e. The average Bonchev–Trinajstić information content (AvgIpc) is 2.77. The first kappa shape index (κ1) is 24.8. The molecule has 0 unspecified atom stereocenters. The first-order chi connectivity index (χ1) is 16.1. The molecule has 2 heterocycles. The Hall–Kier alpha value is -3.80. The number of fused-ring (bicyclic) bond motifs is 1. The number of anilines is 2. The van der Waals surface area contributed by atoms with E-state index in [9.17, 15) is 23.6 Å². The van der Waals surface area contributed by atoms with Crippen LogP contribution in [-0.2, 0) is 22.6 Å². The Labute approximate surface area is 193 Å². The molecule has 0 bridgehead atoms. The molecular formula is C22H27FN6O5. The van der Waals surface area contributed by atoms with Gasteiger partial charge in [0.15, 0.2) is 5.69 Å². The van der Waals surface area contributed by atoms with Crippen LogP contribution in [0, 0.1) is 11.7 Å². The van der Waals surface area contributed by atoms with Gasteiger partial charge >= 0.3 is 5.69 Å². The van der Waals surface area contributed by atoms with Crippen molar-refractivity contribution in [3.05, 3.63) is 61.5 Å². The van der Waals surface area contributed by atoms with Crippen molar-refractivity contribution in [2.75, 3.05) is 30.9 Å². The second kappa shape index (κ2) is 10.4. The van der Waals surface area contributed by atoms with Gasteiger partial charge in [0.2, 0.25) is 5.91 Å². The molecule has 0 saturated heterocycles. The number of aromatic amines is 1. The van der Waals surface area contributed by atoms with Crippen molar-refractivity contribution in [2.45, 2.75) is 33.4 Å². The number of hydrogen-bond acceptors (Lipinski definition) is 7. The van der Waals surface area contributed by atoms with Crippen LogP contribution in [0.2, 0.25) is 0 Å². The molecule has 0 aliphatic rings. The topological polar surface area (TPSA) is 145 Å². The van der Waals surface area contributed by atoms with Gasteiger partial charge in [0.1, 0.15) is 18.2 Å². The number of amides is 1. The Morgan fingerprint density at radius 2 is 2.03 bits per heavy atom. The number of hydrogen-bond donors (Lipinski definition) is 2. The Morgan fingerprint density at radius 1 is 1.29 bits per heavy atom. The molecule has 0 fully saturated rings. The molecule has 0 spiro atoms. The first-order valence-electron chi connectivity index (χ1n) is 10.7. The number of halogens is 1. The second-order valence-corrected chi connectivity index (χ2v) is 8.23. The van der Waals surface area contributed by atoms with Crippen molar-refractivity contribution in [1.82, 2.24) is 19.1 Å². The average molecular weight is 474 g/mol. The van der Waals surface area contributed by atoms with Crippen LogP contribution in [0.25, 0.3) is 10.9 Å². The van der Waals surface area contributed by atoms with E-state index < -0.39 is 35.1 Å². The highest BCUT2D eigenvalue weighted by Gasteiger charge is 2.25. The summed E-state index contributed by atoms with van der Waals surface area (Å²) in [7, 11) is 1.50. The number of aromatic nitrogens is 4. The van der Waals surface area contributed by atoms with Crippen LogP contribution in [0.5, 0.6) is 0 Å². The minimum absolute atomic E-state index is 0.0177. The summed E-state index contributed by atoms with van der Waals surface area (Å²) in [6.07, 6.45) is 1.54. The molecule has 34 heavy (non-hydrogen) atoms. The molecule has 2 aromatic heterocycles. The molecule has 11 nitrogen and oxygen atoms in total. The number of carbonyl (C=O) groups excluding carboxylic acids is 1. The van der Waals surface area contributed by atoms with Gasteiger partial charge < -0.3 is 15.4 Å². The van der Waals surface area contributed by atoms with Gasteiger partial charge in [0.05, 0.1) is 17.2 Å². The summed E-state index contributed by atoms with van der Waals surface area (Å²) in [5.74, 6) is -1.36. The van der Waals surface area contributed by atoms with E-state index in [2.05, 4.69) is 9.97 Å². The SMILES string of the molecule is COCCCN(C(=O)Cn1cnc2ccc(F)cc2c1=O)c1c(N)n(CC(C)C)c(=O)[nH]c1=O. The van der Waals surface area contributed by atoms with Crippen LogP contribution in [0.1, 0.15) is 20.3 Å². The van der Waals surface area contributed by atoms with Crippen molar-refractivity contribution < 1.29 is 13.9 Å². The third-order valence-corrected chi connectivity index (χ3v) is 5.15. The Balaban J connectivity index is 2.05. The van der Waals surface area contributed by atoms with Crippen LogP contribution in [0.3, 0.4) is 0 Å². The van der Waals surface area contributed by atoms with E-state index in [4.69, 9.17) is 10.5 Å². The summed E-state index contributed by atoms with van der Waals surface area (Å²) in [4.78, 5) is 58.6. The van der Waals surface area contributed by atoms with Gasteiger partial charge in [-0.25, -0.2) is 14.2 Å². The minimum atomic E-state index is -0.820. The first-order valence-corrected chi connectivity index (χ1v) is 10.7. The molecule has 182 valence electrons. The molecule has 0 saturated carbocycles. The maximum Gasteiger partial charge on any atom is 0.330 e. The molecule has 0 radical (unpaired) electrons. The third-order valence-electron chi connectivity index (χ3n) is 5.15. The summed E-state index contributed by atoms with van der Waals surface area (Å²) in [6.45, 7) is 3.84. The van der Waals surface area contributed by atoms with E-state index in [1.807, 2.05) is 13.8 Å². The monoisotopic (exact) mass is 474 g/mol. The number of nitrogens with one attached hydrogen (secondary N) is 1. The van der Waals surface area contributed by atoms with E-state index in [0.717, 1.165) is 15.5 Å². The molecule has 1 aromatic carbocycles. The molecule has 3 rings (SSSR count). The lowest BCUT2D eigenvalue weighted by molar-refractivity contribution is -0.119. The summed E-state index contributed by atoms with van der Waals surface area (Å²) in [6, 6.07) is 3.60. The van der Waals surface area contributed by atoms with Crippen LogP contribution in [-0.4, -0.2) is 45.3 Å². The Morgan fingerprint density at radius 3 is 2.71 bits per heavy atom. The highest BCUT2D eigenvalue weighted by atomic mass is 19.1. The fourth-order valence-corrected chi connectivity index (χ4v) is 3.59.